The van der Waals surface area contributed by atoms with Crippen molar-refractivity contribution in [2.75, 3.05) is 6.61 Å². The summed E-state index contributed by atoms with van der Waals surface area (Å²) in [5.74, 6) is 0.899. The Morgan fingerprint density at radius 3 is 2.50 bits per heavy atom. The van der Waals surface area contributed by atoms with E-state index in [1.807, 2.05) is 44.7 Å². The first-order valence-corrected chi connectivity index (χ1v) is 8.82. The van der Waals surface area contributed by atoms with E-state index in [1.165, 1.54) is 11.1 Å². The third-order valence-electron chi connectivity index (χ3n) is 4.54. The number of hydrogen-bond donors (Lipinski definition) is 0. The van der Waals surface area contributed by atoms with Gasteiger partial charge in [0.15, 0.2) is 0 Å². The Morgan fingerprint density at radius 1 is 1.21 bits per heavy atom. The van der Waals surface area contributed by atoms with Crippen LogP contribution in [0.4, 0.5) is 4.79 Å². The molecule has 1 aromatic carbocycles. The third-order valence-corrected chi connectivity index (χ3v) is 4.54. The molecule has 4 nitrogen and oxygen atoms in total. The molecule has 1 fully saturated rings. The topological polar surface area (TPSA) is 38.8 Å². The van der Waals surface area contributed by atoms with Crippen molar-refractivity contribution in [2.24, 2.45) is 0 Å². The Morgan fingerprint density at radius 2 is 1.92 bits per heavy atom. The normalized spacial score (nSPS) is 23.0. The summed E-state index contributed by atoms with van der Waals surface area (Å²) in [4.78, 5) is 14.4. The standard InChI is InChI=1S/C20H27NO3/c1-5-23-18-10-6-14(7-11-18)15-12-16-8-9-17(13-15)21(16)19(22)24-20(2,3)4/h6-7,10-12,16-17H,5,8-9,13H2,1-4H3. The summed E-state index contributed by atoms with van der Waals surface area (Å²) in [6.07, 6.45) is 5.01. The molecule has 1 saturated heterocycles. The molecular weight excluding hydrogens is 302 g/mol. The second-order valence-electron chi connectivity index (χ2n) is 7.54. The molecule has 1 amide bonds. The number of benzene rings is 1. The molecule has 2 atom stereocenters. The summed E-state index contributed by atoms with van der Waals surface area (Å²) >= 11 is 0. The van der Waals surface area contributed by atoms with Crippen molar-refractivity contribution >= 4 is 11.7 Å². The quantitative estimate of drug-likeness (QED) is 0.811. The van der Waals surface area contributed by atoms with Crippen molar-refractivity contribution in [3.63, 3.8) is 0 Å². The lowest BCUT2D eigenvalue weighted by Gasteiger charge is -2.35. The molecule has 0 radical (unpaired) electrons. The summed E-state index contributed by atoms with van der Waals surface area (Å²) in [6, 6.07) is 8.65. The third kappa shape index (κ3) is 3.58. The van der Waals surface area contributed by atoms with Crippen LogP contribution in [-0.2, 0) is 4.74 Å². The van der Waals surface area contributed by atoms with Crippen molar-refractivity contribution in [1.29, 1.82) is 0 Å². The van der Waals surface area contributed by atoms with Crippen LogP contribution < -0.4 is 4.74 Å². The zero-order valence-corrected chi connectivity index (χ0v) is 15.0. The first-order valence-electron chi connectivity index (χ1n) is 8.82. The minimum absolute atomic E-state index is 0.153. The molecule has 3 rings (SSSR count). The van der Waals surface area contributed by atoms with Crippen molar-refractivity contribution < 1.29 is 14.3 Å². The molecule has 2 bridgehead atoms. The van der Waals surface area contributed by atoms with Gasteiger partial charge in [-0.05, 0) is 70.2 Å². The molecule has 2 unspecified atom stereocenters. The fourth-order valence-electron chi connectivity index (χ4n) is 3.58. The van der Waals surface area contributed by atoms with Gasteiger partial charge in [-0.1, -0.05) is 18.2 Å². The Bertz CT molecular complexity index is 627. The van der Waals surface area contributed by atoms with Gasteiger partial charge in [0.1, 0.15) is 11.4 Å². The zero-order chi connectivity index (χ0) is 17.3. The first-order chi connectivity index (χ1) is 11.4. The first kappa shape index (κ1) is 16.9. The van der Waals surface area contributed by atoms with Crippen LogP contribution >= 0.6 is 0 Å². The highest BCUT2D eigenvalue weighted by Gasteiger charge is 2.41. The number of nitrogens with zero attached hydrogens (tertiary/aromatic N) is 1. The molecule has 0 spiro atoms. The van der Waals surface area contributed by atoms with Gasteiger partial charge in [-0.25, -0.2) is 4.79 Å². The van der Waals surface area contributed by atoms with Crippen molar-refractivity contribution in [2.45, 2.75) is 64.6 Å². The van der Waals surface area contributed by atoms with E-state index < -0.39 is 5.60 Å². The van der Waals surface area contributed by atoms with Gasteiger partial charge in [-0.15, -0.1) is 0 Å². The fourth-order valence-corrected chi connectivity index (χ4v) is 3.58. The van der Waals surface area contributed by atoms with Crippen LogP contribution in [0.2, 0.25) is 0 Å². The number of carbonyl (C=O) groups excluding carboxylic acids is 1. The van der Waals surface area contributed by atoms with E-state index in [1.54, 1.807) is 0 Å². The van der Waals surface area contributed by atoms with E-state index in [-0.39, 0.29) is 18.2 Å². The second-order valence-corrected chi connectivity index (χ2v) is 7.54. The molecule has 0 aromatic heterocycles. The Kier molecular flexibility index (Phi) is 4.57. The van der Waals surface area contributed by atoms with E-state index in [2.05, 4.69) is 18.2 Å². The van der Waals surface area contributed by atoms with E-state index in [0.717, 1.165) is 25.0 Å². The van der Waals surface area contributed by atoms with Gasteiger partial charge in [0.05, 0.1) is 12.6 Å². The predicted molar refractivity (Wildman–Crippen MR) is 95.1 cm³/mol. The summed E-state index contributed by atoms with van der Waals surface area (Å²) in [7, 11) is 0. The highest BCUT2D eigenvalue weighted by Crippen LogP contribution is 2.39. The Hall–Kier alpha value is -1.97. The van der Waals surface area contributed by atoms with Crippen LogP contribution in [0.15, 0.2) is 30.3 Å². The fraction of sp³-hybridized carbons (Fsp3) is 0.550. The summed E-state index contributed by atoms with van der Waals surface area (Å²) in [5.41, 5.74) is 2.10. The minimum Gasteiger partial charge on any atom is -0.494 e. The molecule has 0 saturated carbocycles. The number of carbonyl (C=O) groups is 1. The molecule has 0 aliphatic carbocycles. The van der Waals surface area contributed by atoms with Gasteiger partial charge in [0.2, 0.25) is 0 Å². The molecule has 130 valence electrons. The number of hydrogen-bond acceptors (Lipinski definition) is 3. The average molecular weight is 329 g/mol. The zero-order valence-electron chi connectivity index (χ0n) is 15.0. The van der Waals surface area contributed by atoms with Crippen LogP contribution in [0, 0.1) is 0 Å². The van der Waals surface area contributed by atoms with Crippen molar-refractivity contribution in [3.05, 3.63) is 35.9 Å². The van der Waals surface area contributed by atoms with Gasteiger partial charge < -0.3 is 9.47 Å². The second kappa shape index (κ2) is 6.50. The molecule has 24 heavy (non-hydrogen) atoms. The van der Waals surface area contributed by atoms with Gasteiger partial charge in [-0.3, -0.25) is 4.90 Å². The van der Waals surface area contributed by atoms with Gasteiger partial charge in [0, 0.05) is 6.04 Å². The maximum absolute atomic E-state index is 12.5. The Labute approximate surface area is 144 Å². The van der Waals surface area contributed by atoms with Crippen LogP contribution in [0.3, 0.4) is 0 Å². The van der Waals surface area contributed by atoms with Crippen LogP contribution in [-0.4, -0.2) is 35.3 Å². The number of ether oxygens (including phenoxy) is 2. The number of rotatable bonds is 3. The van der Waals surface area contributed by atoms with E-state index in [4.69, 9.17) is 9.47 Å². The van der Waals surface area contributed by atoms with Crippen LogP contribution in [0.5, 0.6) is 5.75 Å². The maximum Gasteiger partial charge on any atom is 0.411 e. The lowest BCUT2D eigenvalue weighted by Crippen LogP contribution is -2.45. The molecule has 2 aliphatic heterocycles. The minimum atomic E-state index is -0.449. The molecule has 2 aliphatic rings. The Balaban J connectivity index is 1.75. The lowest BCUT2D eigenvalue weighted by molar-refractivity contribution is 0.0175. The summed E-state index contributed by atoms with van der Waals surface area (Å²) in [5, 5.41) is 0. The number of amides is 1. The van der Waals surface area contributed by atoms with E-state index in [0.29, 0.717) is 6.61 Å². The van der Waals surface area contributed by atoms with Crippen molar-refractivity contribution in [3.8, 4) is 5.75 Å². The van der Waals surface area contributed by atoms with Crippen molar-refractivity contribution in [1.82, 2.24) is 4.90 Å². The van der Waals surface area contributed by atoms with Crippen LogP contribution in [0.1, 0.15) is 52.5 Å². The highest BCUT2D eigenvalue weighted by atomic mass is 16.6. The molecular formula is C20H27NO3. The highest BCUT2D eigenvalue weighted by molar-refractivity contribution is 5.75. The predicted octanol–water partition coefficient (Wildman–Crippen LogP) is 4.64. The SMILES string of the molecule is CCOc1ccc(C2=CC3CCC(C2)N3C(=O)OC(C)(C)C)cc1. The summed E-state index contributed by atoms with van der Waals surface area (Å²) in [6.45, 7) is 8.41. The molecule has 4 heteroatoms. The number of fused-ring (bicyclic) bond motifs is 2. The van der Waals surface area contributed by atoms with Gasteiger partial charge in [-0.2, -0.15) is 0 Å². The van der Waals surface area contributed by atoms with Gasteiger partial charge in [0.25, 0.3) is 0 Å². The van der Waals surface area contributed by atoms with E-state index >= 15 is 0 Å². The molecule has 2 heterocycles. The average Bonchev–Trinajstić information content (AvgIpc) is 2.77. The maximum atomic E-state index is 12.5. The van der Waals surface area contributed by atoms with Gasteiger partial charge >= 0.3 is 6.09 Å². The smallest absolute Gasteiger partial charge is 0.411 e. The largest absolute Gasteiger partial charge is 0.494 e. The molecule has 1 aromatic rings. The van der Waals surface area contributed by atoms with Crippen LogP contribution in [0.25, 0.3) is 5.57 Å². The monoisotopic (exact) mass is 329 g/mol. The lowest BCUT2D eigenvalue weighted by atomic mass is 9.95. The summed E-state index contributed by atoms with van der Waals surface area (Å²) < 4.78 is 11.1. The molecule has 0 N–H and O–H groups in total. The van der Waals surface area contributed by atoms with E-state index in [9.17, 15) is 4.79 Å².